The first-order chi connectivity index (χ1) is 11.8. The van der Waals surface area contributed by atoms with E-state index in [2.05, 4.69) is 22.1 Å². The molecule has 1 aromatic heterocycles. The number of benzene rings is 1. The number of ether oxygens (including phenoxy) is 3. The average molecular weight is 329 g/mol. The molecule has 0 saturated carbocycles. The van der Waals surface area contributed by atoms with E-state index in [0.29, 0.717) is 13.4 Å². The highest BCUT2D eigenvalue weighted by atomic mass is 16.7. The molecule has 2 aromatic rings. The third-order valence-electron chi connectivity index (χ3n) is 4.79. The lowest BCUT2D eigenvalue weighted by molar-refractivity contribution is 0.0518. The van der Waals surface area contributed by atoms with E-state index in [1.807, 2.05) is 30.9 Å². The highest BCUT2D eigenvalue weighted by Gasteiger charge is 2.30. The molecule has 1 aromatic carbocycles. The Morgan fingerprint density at radius 1 is 1.29 bits per heavy atom. The van der Waals surface area contributed by atoms with E-state index in [0.717, 1.165) is 37.6 Å². The van der Waals surface area contributed by atoms with Gasteiger partial charge >= 0.3 is 0 Å². The van der Waals surface area contributed by atoms with Gasteiger partial charge in [-0.15, -0.1) is 0 Å². The Kier molecular flexibility index (Phi) is 4.16. The van der Waals surface area contributed by atoms with Crippen molar-refractivity contribution in [1.82, 2.24) is 14.7 Å². The largest absolute Gasteiger partial charge is 0.454 e. The number of rotatable bonds is 5. The zero-order valence-electron chi connectivity index (χ0n) is 14.2. The lowest BCUT2D eigenvalue weighted by Gasteiger charge is -2.36. The van der Waals surface area contributed by atoms with Crippen LogP contribution in [-0.2, 0) is 24.8 Å². The van der Waals surface area contributed by atoms with Crippen molar-refractivity contribution in [3.8, 4) is 11.5 Å². The van der Waals surface area contributed by atoms with Gasteiger partial charge in [0.05, 0.1) is 24.5 Å². The van der Waals surface area contributed by atoms with Gasteiger partial charge in [0.25, 0.3) is 0 Å². The molecule has 0 bridgehead atoms. The lowest BCUT2D eigenvalue weighted by Crippen LogP contribution is -2.38. The van der Waals surface area contributed by atoms with Crippen LogP contribution in [0.2, 0.25) is 0 Å². The van der Waals surface area contributed by atoms with Gasteiger partial charge in [-0.1, -0.05) is 6.07 Å². The summed E-state index contributed by atoms with van der Waals surface area (Å²) in [5, 5.41) is 4.44. The molecule has 3 heterocycles. The molecule has 0 N–H and O–H groups in total. The number of hydrogen-bond donors (Lipinski definition) is 0. The predicted octanol–water partition coefficient (Wildman–Crippen LogP) is 2.28. The van der Waals surface area contributed by atoms with Crippen molar-refractivity contribution >= 4 is 0 Å². The van der Waals surface area contributed by atoms with Crippen LogP contribution >= 0.6 is 0 Å². The Hall–Kier alpha value is -2.05. The molecular weight excluding hydrogens is 306 g/mol. The number of aryl methyl sites for hydroxylation is 1. The maximum atomic E-state index is 5.77. The minimum Gasteiger partial charge on any atom is -0.454 e. The SMILES string of the molecule is CCOC[C@H]1c2c(cnn2C)CCN1Cc1ccc2c(c1)OCO2. The fourth-order valence-corrected chi connectivity index (χ4v) is 3.58. The van der Waals surface area contributed by atoms with Crippen molar-refractivity contribution in [1.29, 1.82) is 0 Å². The number of aromatic nitrogens is 2. The van der Waals surface area contributed by atoms with Crippen LogP contribution in [0.4, 0.5) is 0 Å². The number of nitrogens with zero attached hydrogens (tertiary/aromatic N) is 3. The first-order valence-electron chi connectivity index (χ1n) is 8.47. The van der Waals surface area contributed by atoms with Gasteiger partial charge in [0.1, 0.15) is 0 Å². The fraction of sp³-hybridized carbons (Fsp3) is 0.500. The fourth-order valence-electron chi connectivity index (χ4n) is 3.58. The summed E-state index contributed by atoms with van der Waals surface area (Å²) in [5.41, 5.74) is 3.84. The first-order valence-corrected chi connectivity index (χ1v) is 8.47. The highest BCUT2D eigenvalue weighted by molar-refractivity contribution is 5.44. The second-order valence-corrected chi connectivity index (χ2v) is 6.26. The van der Waals surface area contributed by atoms with Crippen LogP contribution in [0.1, 0.15) is 29.8 Å². The molecule has 0 spiro atoms. The second-order valence-electron chi connectivity index (χ2n) is 6.26. The highest BCUT2D eigenvalue weighted by Crippen LogP contribution is 2.35. The molecule has 128 valence electrons. The second kappa shape index (κ2) is 6.45. The van der Waals surface area contributed by atoms with Gasteiger partial charge in [-0.3, -0.25) is 9.58 Å². The van der Waals surface area contributed by atoms with Crippen molar-refractivity contribution < 1.29 is 14.2 Å². The quantitative estimate of drug-likeness (QED) is 0.842. The Labute approximate surface area is 141 Å². The van der Waals surface area contributed by atoms with Gasteiger partial charge < -0.3 is 14.2 Å². The maximum Gasteiger partial charge on any atom is 0.231 e. The first kappa shape index (κ1) is 15.5. The molecule has 2 aliphatic rings. The Morgan fingerprint density at radius 2 is 2.17 bits per heavy atom. The smallest absolute Gasteiger partial charge is 0.231 e. The molecule has 0 aliphatic carbocycles. The summed E-state index contributed by atoms with van der Waals surface area (Å²) in [5.74, 6) is 1.67. The third-order valence-corrected chi connectivity index (χ3v) is 4.79. The van der Waals surface area contributed by atoms with Crippen molar-refractivity contribution in [2.24, 2.45) is 7.05 Å². The summed E-state index contributed by atoms with van der Waals surface area (Å²) in [6.45, 7) is 5.63. The number of hydrogen-bond acceptors (Lipinski definition) is 5. The van der Waals surface area contributed by atoms with Gasteiger partial charge in [0.2, 0.25) is 6.79 Å². The molecule has 0 saturated heterocycles. The van der Waals surface area contributed by atoms with Gasteiger partial charge in [0.15, 0.2) is 11.5 Å². The molecule has 2 aliphatic heterocycles. The van der Waals surface area contributed by atoms with Gasteiger partial charge in [-0.2, -0.15) is 5.10 Å². The minimum absolute atomic E-state index is 0.228. The van der Waals surface area contributed by atoms with Crippen LogP contribution in [-0.4, -0.2) is 41.2 Å². The summed E-state index contributed by atoms with van der Waals surface area (Å²) in [6, 6.07) is 6.42. The molecule has 4 rings (SSSR count). The van der Waals surface area contributed by atoms with Gasteiger partial charge in [0, 0.05) is 26.7 Å². The van der Waals surface area contributed by atoms with E-state index in [4.69, 9.17) is 14.2 Å². The van der Waals surface area contributed by atoms with Crippen LogP contribution in [0.15, 0.2) is 24.4 Å². The van der Waals surface area contributed by atoms with Crippen LogP contribution in [0.3, 0.4) is 0 Å². The summed E-state index contributed by atoms with van der Waals surface area (Å²) >= 11 is 0. The van der Waals surface area contributed by atoms with E-state index in [9.17, 15) is 0 Å². The summed E-state index contributed by atoms with van der Waals surface area (Å²) in [6.07, 6.45) is 3.02. The Morgan fingerprint density at radius 3 is 3.04 bits per heavy atom. The van der Waals surface area contributed by atoms with Crippen LogP contribution < -0.4 is 9.47 Å². The lowest BCUT2D eigenvalue weighted by atomic mass is 9.99. The van der Waals surface area contributed by atoms with Crippen molar-refractivity contribution in [3.63, 3.8) is 0 Å². The van der Waals surface area contributed by atoms with E-state index >= 15 is 0 Å². The zero-order valence-corrected chi connectivity index (χ0v) is 14.2. The van der Waals surface area contributed by atoms with E-state index in [1.54, 1.807) is 0 Å². The van der Waals surface area contributed by atoms with Gasteiger partial charge in [-0.05, 0) is 36.6 Å². The average Bonchev–Trinajstić information content (AvgIpc) is 3.20. The molecular formula is C18H23N3O3. The van der Waals surface area contributed by atoms with Crippen molar-refractivity contribution in [2.75, 3.05) is 26.6 Å². The monoisotopic (exact) mass is 329 g/mol. The van der Waals surface area contributed by atoms with E-state index < -0.39 is 0 Å². The topological polar surface area (TPSA) is 48.8 Å². The van der Waals surface area contributed by atoms with Crippen LogP contribution in [0.25, 0.3) is 0 Å². The van der Waals surface area contributed by atoms with E-state index in [1.165, 1.54) is 16.8 Å². The van der Waals surface area contributed by atoms with Crippen LogP contribution in [0.5, 0.6) is 11.5 Å². The maximum absolute atomic E-state index is 5.77. The third kappa shape index (κ3) is 2.76. The summed E-state index contributed by atoms with van der Waals surface area (Å²) in [4.78, 5) is 2.47. The normalized spacial score (nSPS) is 19.5. The minimum atomic E-state index is 0.228. The standard InChI is InChI=1S/C18H23N3O3/c1-3-22-11-15-18-14(9-19-20(18)2)6-7-21(15)10-13-4-5-16-17(8-13)24-12-23-16/h4-5,8-9,15H,3,6-7,10-12H2,1-2H3/t15-/m0/s1. The van der Waals surface area contributed by atoms with Gasteiger partial charge in [-0.25, -0.2) is 0 Å². The molecule has 0 fully saturated rings. The molecule has 6 heteroatoms. The number of fused-ring (bicyclic) bond motifs is 2. The molecule has 0 unspecified atom stereocenters. The summed E-state index contributed by atoms with van der Waals surface area (Å²) in [7, 11) is 2.02. The van der Waals surface area contributed by atoms with E-state index in [-0.39, 0.29) is 6.04 Å². The molecule has 1 atom stereocenters. The predicted molar refractivity (Wildman–Crippen MR) is 89.1 cm³/mol. The van der Waals surface area contributed by atoms with Crippen molar-refractivity contribution in [3.05, 3.63) is 41.2 Å². The summed E-state index contributed by atoms with van der Waals surface area (Å²) < 4.78 is 18.7. The molecule has 24 heavy (non-hydrogen) atoms. The Bertz CT molecular complexity index is 728. The van der Waals surface area contributed by atoms with Crippen molar-refractivity contribution in [2.45, 2.75) is 25.9 Å². The molecule has 0 radical (unpaired) electrons. The molecule has 0 amide bonds. The Balaban J connectivity index is 1.58. The van der Waals surface area contributed by atoms with Crippen LogP contribution in [0, 0.1) is 0 Å². The zero-order chi connectivity index (χ0) is 16.5. The molecule has 6 nitrogen and oxygen atoms in total.